The summed E-state index contributed by atoms with van der Waals surface area (Å²) < 4.78 is 27.1. The van der Waals surface area contributed by atoms with Crippen molar-refractivity contribution < 1.29 is 8.42 Å². The molecule has 0 N–H and O–H groups in total. The number of pyridine rings is 1. The van der Waals surface area contributed by atoms with E-state index in [4.69, 9.17) is 0 Å². The molecule has 0 bridgehead atoms. The standard InChI is InChI=1S/C14H16N2O2S.ClH/c1-11-4-5-12-10-15-7-6-13(12)14(11)19(17,18)16-8-2-3-9-16;/h4-7,10H,2-3,8-9H2,1H3;1H. The highest BCUT2D eigenvalue weighted by Gasteiger charge is 2.29. The predicted molar refractivity (Wildman–Crippen MR) is 81.7 cm³/mol. The summed E-state index contributed by atoms with van der Waals surface area (Å²) >= 11 is 0. The number of rotatable bonds is 2. The first-order valence-corrected chi connectivity index (χ1v) is 7.88. The minimum absolute atomic E-state index is 0. The average molecular weight is 313 g/mol. The fraction of sp³-hybridized carbons (Fsp3) is 0.357. The summed E-state index contributed by atoms with van der Waals surface area (Å²) in [7, 11) is -3.39. The first-order chi connectivity index (χ1) is 9.10. The number of halogens is 1. The van der Waals surface area contributed by atoms with Crippen molar-refractivity contribution in [3.05, 3.63) is 36.2 Å². The molecule has 0 unspecified atom stereocenters. The second-order valence-electron chi connectivity index (χ2n) is 4.92. The van der Waals surface area contributed by atoms with Crippen molar-refractivity contribution in [1.82, 2.24) is 9.29 Å². The van der Waals surface area contributed by atoms with Crippen LogP contribution >= 0.6 is 12.4 Å². The van der Waals surface area contributed by atoms with Gasteiger partial charge in [-0.25, -0.2) is 8.42 Å². The Morgan fingerprint density at radius 2 is 1.85 bits per heavy atom. The van der Waals surface area contributed by atoms with Crippen LogP contribution in [0, 0.1) is 6.92 Å². The first-order valence-electron chi connectivity index (χ1n) is 6.44. The lowest BCUT2D eigenvalue weighted by Crippen LogP contribution is -2.28. The van der Waals surface area contributed by atoms with E-state index in [1.165, 1.54) is 0 Å². The first kappa shape index (κ1) is 15.2. The van der Waals surface area contributed by atoms with Crippen molar-refractivity contribution in [2.24, 2.45) is 0 Å². The summed E-state index contributed by atoms with van der Waals surface area (Å²) in [4.78, 5) is 4.49. The van der Waals surface area contributed by atoms with Gasteiger partial charge in [-0.05, 0) is 31.4 Å². The lowest BCUT2D eigenvalue weighted by molar-refractivity contribution is 0.478. The average Bonchev–Trinajstić information content (AvgIpc) is 2.92. The molecule has 0 amide bonds. The second-order valence-corrected chi connectivity index (χ2v) is 6.79. The van der Waals surface area contributed by atoms with Gasteiger partial charge in [-0.3, -0.25) is 4.98 Å². The van der Waals surface area contributed by atoms with E-state index in [2.05, 4.69) is 4.98 Å². The number of fused-ring (bicyclic) bond motifs is 1. The number of aryl methyl sites for hydroxylation is 1. The van der Waals surface area contributed by atoms with Gasteiger partial charge in [0.25, 0.3) is 0 Å². The third-order valence-electron chi connectivity index (χ3n) is 3.63. The van der Waals surface area contributed by atoms with Gasteiger partial charge >= 0.3 is 0 Å². The van der Waals surface area contributed by atoms with E-state index < -0.39 is 10.0 Å². The van der Waals surface area contributed by atoms with Gasteiger partial charge in [-0.1, -0.05) is 12.1 Å². The Hall–Kier alpha value is -1.17. The van der Waals surface area contributed by atoms with E-state index in [0.717, 1.165) is 29.2 Å². The largest absolute Gasteiger partial charge is 0.264 e. The van der Waals surface area contributed by atoms with Crippen LogP contribution in [0.25, 0.3) is 10.8 Å². The van der Waals surface area contributed by atoms with Crippen LogP contribution in [0.4, 0.5) is 0 Å². The summed E-state index contributed by atoms with van der Waals surface area (Å²) in [6.45, 7) is 3.11. The topological polar surface area (TPSA) is 50.3 Å². The van der Waals surface area contributed by atoms with Gasteiger partial charge in [0.05, 0.1) is 4.90 Å². The lowest BCUT2D eigenvalue weighted by atomic mass is 10.1. The molecule has 6 heteroatoms. The fourth-order valence-corrected chi connectivity index (χ4v) is 4.58. The van der Waals surface area contributed by atoms with E-state index in [-0.39, 0.29) is 12.4 Å². The molecule has 2 aromatic rings. The van der Waals surface area contributed by atoms with Crippen molar-refractivity contribution in [3.8, 4) is 0 Å². The Morgan fingerprint density at radius 3 is 2.55 bits per heavy atom. The van der Waals surface area contributed by atoms with Crippen LogP contribution in [0.2, 0.25) is 0 Å². The normalized spacial score (nSPS) is 16.2. The summed E-state index contributed by atoms with van der Waals surface area (Å²) in [5.41, 5.74) is 0.797. The molecule has 0 saturated carbocycles. The zero-order chi connectivity index (χ0) is 13.5. The lowest BCUT2D eigenvalue weighted by Gasteiger charge is -2.18. The Labute approximate surface area is 125 Å². The van der Waals surface area contributed by atoms with Crippen LogP contribution in [0.15, 0.2) is 35.5 Å². The van der Waals surface area contributed by atoms with Crippen molar-refractivity contribution in [2.45, 2.75) is 24.7 Å². The molecule has 4 nitrogen and oxygen atoms in total. The van der Waals surface area contributed by atoms with Crippen LogP contribution in [0.5, 0.6) is 0 Å². The highest BCUT2D eigenvalue weighted by atomic mass is 35.5. The zero-order valence-electron chi connectivity index (χ0n) is 11.2. The second kappa shape index (κ2) is 5.68. The van der Waals surface area contributed by atoms with Gasteiger partial charge in [-0.2, -0.15) is 4.31 Å². The molecule has 3 rings (SSSR count). The molecular weight excluding hydrogens is 296 g/mol. The van der Waals surface area contributed by atoms with Gasteiger partial charge in [0, 0.05) is 36.3 Å². The third kappa shape index (κ3) is 2.41. The maximum absolute atomic E-state index is 12.8. The van der Waals surface area contributed by atoms with Gasteiger partial charge < -0.3 is 0 Å². The van der Waals surface area contributed by atoms with Gasteiger partial charge in [-0.15, -0.1) is 12.4 Å². The smallest absolute Gasteiger partial charge is 0.243 e. The van der Waals surface area contributed by atoms with Crippen molar-refractivity contribution in [2.75, 3.05) is 13.1 Å². The van der Waals surface area contributed by atoms with Crippen LogP contribution in [-0.4, -0.2) is 30.8 Å². The molecule has 0 aliphatic carbocycles. The molecule has 1 fully saturated rings. The Balaban J connectivity index is 0.00000147. The number of aromatic nitrogens is 1. The molecule has 108 valence electrons. The van der Waals surface area contributed by atoms with E-state index in [1.54, 1.807) is 22.8 Å². The molecule has 1 saturated heterocycles. The maximum Gasteiger partial charge on any atom is 0.243 e. The summed E-state index contributed by atoms with van der Waals surface area (Å²) in [6.07, 6.45) is 5.25. The molecule has 1 aliphatic rings. The quantitative estimate of drug-likeness (QED) is 0.856. The van der Waals surface area contributed by atoms with Crippen LogP contribution in [-0.2, 0) is 10.0 Å². The highest BCUT2D eigenvalue weighted by molar-refractivity contribution is 7.89. The molecule has 20 heavy (non-hydrogen) atoms. The SMILES string of the molecule is Cc1ccc2cnccc2c1S(=O)(=O)N1CCCC1.Cl. The summed E-state index contributed by atoms with van der Waals surface area (Å²) in [5.74, 6) is 0. The Morgan fingerprint density at radius 1 is 1.15 bits per heavy atom. The molecule has 1 aromatic heterocycles. The molecular formula is C14H17ClN2O2S. The van der Waals surface area contributed by atoms with Crippen LogP contribution in [0.3, 0.4) is 0 Å². The van der Waals surface area contributed by atoms with E-state index in [9.17, 15) is 8.42 Å². The number of nitrogens with zero attached hydrogens (tertiary/aromatic N) is 2. The molecule has 2 heterocycles. The third-order valence-corrected chi connectivity index (χ3v) is 5.73. The zero-order valence-corrected chi connectivity index (χ0v) is 12.9. The highest BCUT2D eigenvalue weighted by Crippen LogP contribution is 2.30. The Bertz CT molecular complexity index is 725. The van der Waals surface area contributed by atoms with E-state index >= 15 is 0 Å². The summed E-state index contributed by atoms with van der Waals surface area (Å²) in [5, 5.41) is 1.63. The van der Waals surface area contributed by atoms with Gasteiger partial charge in [0.2, 0.25) is 10.0 Å². The summed E-state index contributed by atoms with van der Waals surface area (Å²) in [6, 6.07) is 5.55. The molecule has 1 aliphatic heterocycles. The molecule has 0 spiro atoms. The predicted octanol–water partition coefficient (Wildman–Crippen LogP) is 2.75. The maximum atomic E-state index is 12.8. The number of sulfonamides is 1. The number of benzene rings is 1. The Kier molecular flexibility index (Phi) is 4.32. The van der Waals surface area contributed by atoms with E-state index in [1.807, 2.05) is 19.1 Å². The van der Waals surface area contributed by atoms with Gasteiger partial charge in [0.1, 0.15) is 0 Å². The monoisotopic (exact) mass is 312 g/mol. The number of hydrogen-bond donors (Lipinski definition) is 0. The van der Waals surface area contributed by atoms with Gasteiger partial charge in [0.15, 0.2) is 0 Å². The minimum Gasteiger partial charge on any atom is -0.264 e. The van der Waals surface area contributed by atoms with Crippen LogP contribution < -0.4 is 0 Å². The van der Waals surface area contributed by atoms with Crippen LogP contribution in [0.1, 0.15) is 18.4 Å². The van der Waals surface area contributed by atoms with Crippen molar-refractivity contribution in [3.63, 3.8) is 0 Å². The molecule has 0 atom stereocenters. The molecule has 0 radical (unpaired) electrons. The fourth-order valence-electron chi connectivity index (χ4n) is 2.65. The van der Waals surface area contributed by atoms with E-state index in [0.29, 0.717) is 18.0 Å². The van der Waals surface area contributed by atoms with Crippen molar-refractivity contribution in [1.29, 1.82) is 0 Å². The van der Waals surface area contributed by atoms with Crippen molar-refractivity contribution >= 4 is 33.2 Å². The number of hydrogen-bond acceptors (Lipinski definition) is 3. The minimum atomic E-state index is -3.39. The molecule has 1 aromatic carbocycles.